The average molecular weight is 1110 g/mol. The largest absolute Gasteiger partial charge is 0.756 e. The zero-order valence-corrected chi connectivity index (χ0v) is 52.2. The first-order valence-corrected chi connectivity index (χ1v) is 33.8. The minimum Gasteiger partial charge on any atom is -0.756 e. The SMILES string of the molecule is CC/C=C\C/C=C\C/C=C\C/C=C\C/C=C\C/C=C\C/C=C\CCCCCCCCCCCCCCCCCC(=O)OC(COC(=O)CCCCCCCCCCCCCCCCCCC)COP(=O)([O-])OCC[N+](C)(C)C. The van der Waals surface area contributed by atoms with Gasteiger partial charge in [0.25, 0.3) is 7.82 Å². The van der Waals surface area contributed by atoms with Gasteiger partial charge in [-0.25, -0.2) is 0 Å². The smallest absolute Gasteiger partial charge is 0.306 e. The number of hydrogen-bond acceptors (Lipinski definition) is 8. The van der Waals surface area contributed by atoms with Crippen molar-refractivity contribution in [3.8, 4) is 0 Å². The van der Waals surface area contributed by atoms with Gasteiger partial charge in [-0.15, -0.1) is 0 Å². The number of nitrogens with zero attached hydrogens (tertiary/aromatic N) is 1. The second kappa shape index (κ2) is 58.8. The van der Waals surface area contributed by atoms with Gasteiger partial charge < -0.3 is 27.9 Å². The summed E-state index contributed by atoms with van der Waals surface area (Å²) in [6, 6.07) is 0. The zero-order valence-electron chi connectivity index (χ0n) is 51.3. The second-order valence-corrected chi connectivity index (χ2v) is 24.2. The van der Waals surface area contributed by atoms with Crippen LogP contribution in [0.1, 0.15) is 284 Å². The number of ether oxygens (including phenoxy) is 2. The highest BCUT2D eigenvalue weighted by Crippen LogP contribution is 2.38. The molecule has 0 aliphatic carbocycles. The maximum absolute atomic E-state index is 12.8. The van der Waals surface area contributed by atoms with Crippen LogP contribution in [-0.4, -0.2) is 70.0 Å². The monoisotopic (exact) mass is 1110 g/mol. The van der Waals surface area contributed by atoms with Crippen molar-refractivity contribution in [2.45, 2.75) is 290 Å². The lowest BCUT2D eigenvalue weighted by atomic mass is 10.0. The molecular formula is C68H122NO8P. The van der Waals surface area contributed by atoms with Gasteiger partial charge >= 0.3 is 11.9 Å². The number of carbonyl (C=O) groups excluding carboxylic acids is 2. The molecule has 0 aliphatic rings. The molecule has 2 unspecified atom stereocenters. The third-order valence-electron chi connectivity index (χ3n) is 13.9. The van der Waals surface area contributed by atoms with Gasteiger partial charge in [-0.1, -0.05) is 285 Å². The molecule has 0 aliphatic heterocycles. The lowest BCUT2D eigenvalue weighted by molar-refractivity contribution is -0.870. The lowest BCUT2D eigenvalue weighted by Crippen LogP contribution is -2.37. The first-order valence-electron chi connectivity index (χ1n) is 32.3. The fourth-order valence-corrected chi connectivity index (χ4v) is 9.72. The van der Waals surface area contributed by atoms with Crippen molar-refractivity contribution in [3.63, 3.8) is 0 Å². The average Bonchev–Trinajstić information content (AvgIpc) is 3.41. The molecule has 0 bridgehead atoms. The van der Waals surface area contributed by atoms with E-state index >= 15 is 0 Å². The predicted molar refractivity (Wildman–Crippen MR) is 332 cm³/mol. The molecule has 0 aromatic rings. The topological polar surface area (TPSA) is 111 Å². The summed E-state index contributed by atoms with van der Waals surface area (Å²) in [5.41, 5.74) is 0. The van der Waals surface area contributed by atoms with Crippen LogP contribution in [-0.2, 0) is 32.7 Å². The normalized spacial score (nSPS) is 13.8. The molecule has 2 atom stereocenters. The summed E-state index contributed by atoms with van der Waals surface area (Å²) in [5.74, 6) is -0.823. The Labute approximate surface area is 481 Å². The summed E-state index contributed by atoms with van der Waals surface area (Å²) in [4.78, 5) is 37.9. The van der Waals surface area contributed by atoms with Crippen molar-refractivity contribution in [3.05, 3.63) is 85.1 Å². The van der Waals surface area contributed by atoms with Gasteiger partial charge in [0.15, 0.2) is 6.10 Å². The Morgan fingerprint density at radius 3 is 1.09 bits per heavy atom. The van der Waals surface area contributed by atoms with Gasteiger partial charge in [0.2, 0.25) is 0 Å². The third kappa shape index (κ3) is 62.4. The van der Waals surface area contributed by atoms with Crippen molar-refractivity contribution in [1.82, 2.24) is 0 Å². The minimum absolute atomic E-state index is 0.0310. The van der Waals surface area contributed by atoms with E-state index in [0.717, 1.165) is 83.5 Å². The summed E-state index contributed by atoms with van der Waals surface area (Å²) < 4.78 is 34.2. The van der Waals surface area contributed by atoms with Crippen LogP contribution in [0.5, 0.6) is 0 Å². The molecule has 10 heteroatoms. The first kappa shape index (κ1) is 75.2. The van der Waals surface area contributed by atoms with Crippen molar-refractivity contribution in [1.29, 1.82) is 0 Å². The summed E-state index contributed by atoms with van der Waals surface area (Å²) >= 11 is 0. The Morgan fingerprint density at radius 2 is 0.731 bits per heavy atom. The number of quaternary nitrogens is 1. The number of hydrogen-bond donors (Lipinski definition) is 0. The summed E-state index contributed by atoms with van der Waals surface area (Å²) in [5, 5.41) is 0. The highest BCUT2D eigenvalue weighted by atomic mass is 31.2. The van der Waals surface area contributed by atoms with Gasteiger partial charge in [0.05, 0.1) is 27.7 Å². The van der Waals surface area contributed by atoms with Crippen LogP contribution in [0, 0.1) is 0 Å². The van der Waals surface area contributed by atoms with Gasteiger partial charge in [-0.3, -0.25) is 14.2 Å². The van der Waals surface area contributed by atoms with E-state index in [9.17, 15) is 19.0 Å². The van der Waals surface area contributed by atoms with E-state index in [2.05, 4.69) is 98.9 Å². The number of phosphoric acid groups is 1. The number of esters is 2. The van der Waals surface area contributed by atoms with E-state index < -0.39 is 26.5 Å². The number of allylic oxidation sites excluding steroid dienone is 14. The Hall–Kier alpha value is -2.81. The molecule has 0 spiro atoms. The van der Waals surface area contributed by atoms with Crippen LogP contribution in [0.2, 0.25) is 0 Å². The number of likely N-dealkylation sites (N-methyl/N-ethyl adjacent to an activating group) is 1. The zero-order chi connectivity index (χ0) is 57.0. The van der Waals surface area contributed by atoms with E-state index in [4.69, 9.17) is 18.5 Å². The van der Waals surface area contributed by atoms with E-state index in [1.54, 1.807) is 0 Å². The maximum Gasteiger partial charge on any atom is 0.306 e. The van der Waals surface area contributed by atoms with Crippen LogP contribution in [0.3, 0.4) is 0 Å². The lowest BCUT2D eigenvalue weighted by Gasteiger charge is -2.28. The van der Waals surface area contributed by atoms with Crippen molar-refractivity contribution < 1.29 is 42.1 Å². The van der Waals surface area contributed by atoms with Crippen LogP contribution in [0.15, 0.2) is 85.1 Å². The van der Waals surface area contributed by atoms with Crippen LogP contribution < -0.4 is 4.89 Å². The number of rotatable bonds is 59. The number of carbonyl (C=O) groups is 2. The molecule has 78 heavy (non-hydrogen) atoms. The molecular weight excluding hydrogens is 990 g/mol. The highest BCUT2D eigenvalue weighted by molar-refractivity contribution is 7.45. The van der Waals surface area contributed by atoms with E-state index in [1.165, 1.54) is 167 Å². The highest BCUT2D eigenvalue weighted by Gasteiger charge is 2.22. The molecule has 0 fully saturated rings. The molecule has 0 saturated carbocycles. The third-order valence-corrected chi connectivity index (χ3v) is 14.9. The van der Waals surface area contributed by atoms with Crippen molar-refractivity contribution >= 4 is 19.8 Å². The first-order chi connectivity index (χ1) is 38.0. The summed E-state index contributed by atoms with van der Waals surface area (Å²) in [6.07, 6.45) is 79.3. The van der Waals surface area contributed by atoms with Crippen LogP contribution in [0.25, 0.3) is 0 Å². The van der Waals surface area contributed by atoms with Crippen molar-refractivity contribution in [2.24, 2.45) is 0 Å². The Balaban J connectivity index is 4.02. The number of unbranched alkanes of at least 4 members (excludes halogenated alkanes) is 31. The molecule has 9 nitrogen and oxygen atoms in total. The van der Waals surface area contributed by atoms with Gasteiger partial charge in [-0.05, 0) is 70.6 Å². The Morgan fingerprint density at radius 1 is 0.410 bits per heavy atom. The summed E-state index contributed by atoms with van der Waals surface area (Å²) in [7, 11) is 1.17. The molecule has 0 saturated heterocycles. The van der Waals surface area contributed by atoms with E-state index in [0.29, 0.717) is 17.4 Å². The van der Waals surface area contributed by atoms with Gasteiger partial charge in [0, 0.05) is 12.8 Å². The molecule has 0 aromatic heterocycles. The van der Waals surface area contributed by atoms with E-state index in [1.807, 2.05) is 21.1 Å². The fourth-order valence-electron chi connectivity index (χ4n) is 8.99. The van der Waals surface area contributed by atoms with Crippen LogP contribution in [0.4, 0.5) is 0 Å². The quantitative estimate of drug-likeness (QED) is 0.0195. The van der Waals surface area contributed by atoms with Gasteiger partial charge in [0.1, 0.15) is 19.8 Å². The predicted octanol–water partition coefficient (Wildman–Crippen LogP) is 20.0. The summed E-state index contributed by atoms with van der Waals surface area (Å²) in [6.45, 7) is 4.16. The fraction of sp³-hybridized carbons (Fsp3) is 0.765. The van der Waals surface area contributed by atoms with Crippen LogP contribution >= 0.6 is 7.82 Å². The Kier molecular flexibility index (Phi) is 56.7. The maximum atomic E-state index is 12.8. The molecule has 0 radical (unpaired) electrons. The number of phosphoric ester groups is 1. The van der Waals surface area contributed by atoms with E-state index in [-0.39, 0.29) is 32.0 Å². The molecule has 0 heterocycles. The second-order valence-electron chi connectivity index (χ2n) is 22.8. The minimum atomic E-state index is -4.64. The molecule has 452 valence electrons. The molecule has 0 N–H and O–H groups in total. The van der Waals surface area contributed by atoms with Crippen molar-refractivity contribution in [2.75, 3.05) is 47.5 Å². The van der Waals surface area contributed by atoms with Gasteiger partial charge in [-0.2, -0.15) is 0 Å². The molecule has 0 aromatic carbocycles. The standard InChI is InChI=1S/C68H122NO8P/c1-6-8-10-12-14-16-18-20-22-24-25-26-27-28-29-30-31-32-33-34-35-36-37-38-39-40-41-42-43-45-47-49-51-53-55-57-59-61-68(71)77-66(65-76-78(72,73)75-63-62-69(3,4)5)64-74-67(70)60-58-56-54-52-50-48-46-44-23-21-19-17-15-13-11-9-7-2/h8,10,14,16,20,22,25-26,28-29,31-32,34-35,66H,6-7,9,11-13,15,17-19,21,23-24,27,30,33,36-65H2,1-5H3/b10-8-,16-14-,22-20-,26-25-,29-28-,32-31-,35-34-. The molecule has 0 rings (SSSR count). The Bertz CT molecular complexity index is 1590. The molecule has 0 amide bonds.